The van der Waals surface area contributed by atoms with Crippen molar-refractivity contribution in [3.8, 4) is 17.1 Å². The van der Waals surface area contributed by atoms with Crippen LogP contribution in [0, 0.1) is 5.92 Å². The molecule has 34 heavy (non-hydrogen) atoms. The van der Waals surface area contributed by atoms with E-state index in [1.54, 1.807) is 28.8 Å². The molecule has 1 aliphatic rings. The lowest BCUT2D eigenvalue weighted by Crippen LogP contribution is -2.41. The van der Waals surface area contributed by atoms with Crippen molar-refractivity contribution in [2.24, 2.45) is 5.92 Å². The van der Waals surface area contributed by atoms with Gasteiger partial charge in [-0.15, -0.1) is 0 Å². The van der Waals surface area contributed by atoms with Gasteiger partial charge in [0, 0.05) is 49.3 Å². The zero-order valence-electron chi connectivity index (χ0n) is 19.0. The van der Waals surface area contributed by atoms with E-state index in [0.29, 0.717) is 37.4 Å². The van der Waals surface area contributed by atoms with E-state index in [9.17, 15) is 9.59 Å². The zero-order valence-corrected chi connectivity index (χ0v) is 19.0. The molecule has 0 saturated carbocycles. The largest absolute Gasteiger partial charge is 0.454 e. The van der Waals surface area contributed by atoms with Crippen molar-refractivity contribution in [2.75, 3.05) is 20.1 Å². The highest BCUT2D eigenvalue weighted by atomic mass is 16.3. The highest BCUT2D eigenvalue weighted by Gasteiger charge is 2.26. The van der Waals surface area contributed by atoms with Crippen molar-refractivity contribution in [1.82, 2.24) is 20.0 Å². The van der Waals surface area contributed by atoms with Gasteiger partial charge in [-0.2, -0.15) is 5.10 Å². The quantitative estimate of drug-likeness (QED) is 0.457. The third kappa shape index (κ3) is 4.37. The van der Waals surface area contributed by atoms with E-state index in [1.165, 1.54) is 0 Å². The van der Waals surface area contributed by atoms with E-state index >= 15 is 0 Å². The van der Waals surface area contributed by atoms with Crippen molar-refractivity contribution in [2.45, 2.75) is 12.8 Å². The molecule has 1 N–H and O–H groups in total. The molecule has 1 aliphatic heterocycles. The second-order valence-corrected chi connectivity index (χ2v) is 8.41. The summed E-state index contributed by atoms with van der Waals surface area (Å²) in [6.45, 7) is 1.14. The number of piperidine rings is 1. The number of nitrogens with one attached hydrogen (secondary N) is 1. The highest BCUT2D eigenvalue weighted by Crippen LogP contribution is 2.30. The third-order valence-corrected chi connectivity index (χ3v) is 6.25. The Labute approximate surface area is 197 Å². The summed E-state index contributed by atoms with van der Waals surface area (Å²) in [6, 6.07) is 19.6. The van der Waals surface area contributed by atoms with Crippen LogP contribution >= 0.6 is 0 Å². The number of nitrogens with zero attached hydrogens (tertiary/aromatic N) is 3. The number of amides is 2. The Bertz CT molecular complexity index is 1310. The molecule has 0 atom stereocenters. The zero-order chi connectivity index (χ0) is 23.5. The average molecular weight is 455 g/mol. The summed E-state index contributed by atoms with van der Waals surface area (Å²) in [5, 5.41) is 8.47. The van der Waals surface area contributed by atoms with E-state index in [-0.39, 0.29) is 17.7 Å². The number of para-hydroxylation sites is 2. The molecule has 2 amide bonds. The molecule has 3 heterocycles. The Kier molecular flexibility index (Phi) is 5.99. The minimum Gasteiger partial charge on any atom is -0.454 e. The average Bonchev–Trinajstić information content (AvgIpc) is 3.51. The molecule has 0 aliphatic carbocycles. The van der Waals surface area contributed by atoms with Crippen LogP contribution in [0.25, 0.3) is 34.2 Å². The molecule has 7 heteroatoms. The molecule has 1 saturated heterocycles. The molecule has 0 unspecified atom stereocenters. The molecule has 1 fully saturated rings. The molecule has 0 spiro atoms. The topological polar surface area (TPSA) is 80.4 Å². The normalized spacial score (nSPS) is 14.7. The smallest absolute Gasteiger partial charge is 0.246 e. The summed E-state index contributed by atoms with van der Waals surface area (Å²) in [6.07, 6.45) is 6.63. The standard InChI is InChI=1S/C27H26N4O3/c1-28-27(33)19-13-15-30(16-14-19)25(32)12-11-21-18-31(22-8-3-2-4-9-22)29-26(21)24-17-20-7-5-6-10-23(20)34-24/h2-12,17-19H,13-16H2,1H3,(H,28,33)/b12-11-. The summed E-state index contributed by atoms with van der Waals surface area (Å²) in [4.78, 5) is 26.5. The first-order chi connectivity index (χ1) is 16.6. The van der Waals surface area contributed by atoms with E-state index in [2.05, 4.69) is 5.32 Å². The second-order valence-electron chi connectivity index (χ2n) is 8.41. The Morgan fingerprint density at radius 3 is 2.53 bits per heavy atom. The predicted octanol–water partition coefficient (Wildman–Crippen LogP) is 4.28. The number of rotatable bonds is 5. The Morgan fingerprint density at radius 2 is 1.79 bits per heavy atom. The van der Waals surface area contributed by atoms with E-state index in [1.807, 2.05) is 66.9 Å². The highest BCUT2D eigenvalue weighted by molar-refractivity contribution is 5.93. The second kappa shape index (κ2) is 9.39. The van der Waals surface area contributed by atoms with Crippen LogP contribution in [0.2, 0.25) is 0 Å². The minimum absolute atomic E-state index is 0.0261. The monoisotopic (exact) mass is 454 g/mol. The molecule has 2 aromatic heterocycles. The van der Waals surface area contributed by atoms with Gasteiger partial charge in [0.2, 0.25) is 11.8 Å². The number of hydrogen-bond acceptors (Lipinski definition) is 4. The number of carbonyl (C=O) groups is 2. The lowest BCUT2D eigenvalue weighted by atomic mass is 9.96. The SMILES string of the molecule is CNC(=O)C1CCN(C(=O)/C=C\c2cn(-c3ccccc3)nc2-c2cc3ccccc3o2)CC1. The van der Waals surface area contributed by atoms with E-state index in [0.717, 1.165) is 22.2 Å². The van der Waals surface area contributed by atoms with Gasteiger partial charge < -0.3 is 14.6 Å². The van der Waals surface area contributed by atoms with Crippen molar-refractivity contribution >= 4 is 28.9 Å². The van der Waals surface area contributed by atoms with Crippen LogP contribution in [0.4, 0.5) is 0 Å². The molecule has 2 aromatic carbocycles. The lowest BCUT2D eigenvalue weighted by molar-refractivity contribution is -0.131. The van der Waals surface area contributed by atoms with E-state index < -0.39 is 0 Å². The first kappa shape index (κ1) is 21.7. The summed E-state index contributed by atoms with van der Waals surface area (Å²) in [5.41, 5.74) is 3.16. The van der Waals surface area contributed by atoms with Crippen LogP contribution in [0.3, 0.4) is 0 Å². The van der Waals surface area contributed by atoms with Gasteiger partial charge in [0.05, 0.1) is 5.69 Å². The fourth-order valence-corrected chi connectivity index (χ4v) is 4.34. The number of likely N-dealkylation sites (tertiary alicyclic amines) is 1. The molecular formula is C27H26N4O3. The Hall–Kier alpha value is -4.13. The van der Waals surface area contributed by atoms with Crippen LogP contribution in [0.5, 0.6) is 0 Å². The molecule has 0 radical (unpaired) electrons. The van der Waals surface area contributed by atoms with Gasteiger partial charge in [-0.05, 0) is 43.2 Å². The predicted molar refractivity (Wildman–Crippen MR) is 131 cm³/mol. The van der Waals surface area contributed by atoms with Crippen LogP contribution < -0.4 is 5.32 Å². The molecule has 172 valence electrons. The number of carbonyl (C=O) groups excluding carboxylic acids is 2. The molecular weight excluding hydrogens is 428 g/mol. The third-order valence-electron chi connectivity index (χ3n) is 6.25. The number of furan rings is 1. The minimum atomic E-state index is -0.0710. The van der Waals surface area contributed by atoms with Gasteiger partial charge >= 0.3 is 0 Å². The van der Waals surface area contributed by atoms with Crippen molar-refractivity contribution in [3.63, 3.8) is 0 Å². The molecule has 5 rings (SSSR count). The maximum atomic E-state index is 12.9. The Morgan fingerprint density at radius 1 is 1.06 bits per heavy atom. The number of benzene rings is 2. The van der Waals surface area contributed by atoms with Crippen LogP contribution in [-0.4, -0.2) is 46.6 Å². The van der Waals surface area contributed by atoms with E-state index in [4.69, 9.17) is 9.52 Å². The van der Waals surface area contributed by atoms with Crippen LogP contribution in [0.1, 0.15) is 18.4 Å². The maximum Gasteiger partial charge on any atom is 0.246 e. The Balaban J connectivity index is 1.42. The fraction of sp³-hybridized carbons (Fsp3) is 0.222. The lowest BCUT2D eigenvalue weighted by Gasteiger charge is -2.30. The van der Waals surface area contributed by atoms with Gasteiger partial charge in [-0.25, -0.2) is 4.68 Å². The first-order valence-corrected chi connectivity index (χ1v) is 11.4. The van der Waals surface area contributed by atoms with Gasteiger partial charge in [0.25, 0.3) is 0 Å². The summed E-state index contributed by atoms with van der Waals surface area (Å²) < 4.78 is 7.86. The van der Waals surface area contributed by atoms with Crippen molar-refractivity contribution < 1.29 is 14.0 Å². The van der Waals surface area contributed by atoms with Crippen LogP contribution in [-0.2, 0) is 9.59 Å². The van der Waals surface area contributed by atoms with Crippen molar-refractivity contribution in [1.29, 1.82) is 0 Å². The van der Waals surface area contributed by atoms with Gasteiger partial charge in [0.1, 0.15) is 11.3 Å². The molecule has 0 bridgehead atoms. The number of hydrogen-bond donors (Lipinski definition) is 1. The van der Waals surface area contributed by atoms with Gasteiger partial charge in [-0.3, -0.25) is 9.59 Å². The summed E-state index contributed by atoms with van der Waals surface area (Å²) in [7, 11) is 1.65. The molecule has 7 nitrogen and oxygen atoms in total. The fourth-order valence-electron chi connectivity index (χ4n) is 4.34. The number of fused-ring (bicyclic) bond motifs is 1. The first-order valence-electron chi connectivity index (χ1n) is 11.4. The van der Waals surface area contributed by atoms with Gasteiger partial charge in [0.15, 0.2) is 5.76 Å². The summed E-state index contributed by atoms with van der Waals surface area (Å²) >= 11 is 0. The van der Waals surface area contributed by atoms with Crippen molar-refractivity contribution in [3.05, 3.63) is 78.5 Å². The maximum absolute atomic E-state index is 12.9. The summed E-state index contributed by atoms with van der Waals surface area (Å²) in [5.74, 6) is 0.598. The van der Waals surface area contributed by atoms with Crippen LogP contribution in [0.15, 0.2) is 77.4 Å². The molecule has 4 aromatic rings. The van der Waals surface area contributed by atoms with Gasteiger partial charge in [-0.1, -0.05) is 36.4 Å². The number of aromatic nitrogens is 2.